The first-order valence-corrected chi connectivity index (χ1v) is 7.36. The Bertz CT molecular complexity index is 501. The van der Waals surface area contributed by atoms with E-state index < -0.39 is 12.0 Å². The summed E-state index contributed by atoms with van der Waals surface area (Å²) in [6, 6.07) is 6.19. The molecule has 1 atom stereocenters. The summed E-state index contributed by atoms with van der Waals surface area (Å²) >= 11 is 5.81. The Hall–Kier alpha value is -1.85. The lowest BCUT2D eigenvalue weighted by Crippen LogP contribution is -2.30. The van der Waals surface area contributed by atoms with E-state index in [1.54, 1.807) is 30.3 Å². The lowest BCUT2D eigenvalue weighted by Gasteiger charge is -2.17. The summed E-state index contributed by atoms with van der Waals surface area (Å²) in [6.07, 6.45) is 2.31. The summed E-state index contributed by atoms with van der Waals surface area (Å²) in [7, 11) is 0. The van der Waals surface area contributed by atoms with Gasteiger partial charge in [0.15, 0.2) is 0 Å². The zero-order valence-corrected chi connectivity index (χ0v) is 13.0. The third-order valence-electron chi connectivity index (χ3n) is 2.91. The van der Waals surface area contributed by atoms with Crippen molar-refractivity contribution >= 4 is 23.5 Å². The molecule has 0 heterocycles. The Morgan fingerprint density at radius 2 is 2.05 bits per heavy atom. The van der Waals surface area contributed by atoms with Crippen LogP contribution < -0.4 is 5.32 Å². The maximum Gasteiger partial charge on any atom is 0.305 e. The molecule has 1 aromatic rings. The second-order valence-electron chi connectivity index (χ2n) is 4.74. The molecule has 0 bridgehead atoms. The summed E-state index contributed by atoms with van der Waals surface area (Å²) in [5, 5.41) is 12.3. The van der Waals surface area contributed by atoms with Crippen LogP contribution >= 0.6 is 11.6 Å². The van der Waals surface area contributed by atoms with E-state index in [-0.39, 0.29) is 18.7 Å². The Balaban J connectivity index is 2.53. The Labute approximate surface area is 134 Å². The molecule has 5 nitrogen and oxygen atoms in total. The van der Waals surface area contributed by atoms with Crippen molar-refractivity contribution in [2.75, 3.05) is 13.2 Å². The van der Waals surface area contributed by atoms with Crippen molar-refractivity contribution in [2.24, 2.45) is 0 Å². The number of carboxylic acid groups (broad SMARTS) is 1. The van der Waals surface area contributed by atoms with Gasteiger partial charge in [-0.25, -0.2) is 0 Å². The van der Waals surface area contributed by atoms with Gasteiger partial charge in [-0.05, 0) is 24.1 Å². The van der Waals surface area contributed by atoms with Gasteiger partial charge in [0, 0.05) is 18.1 Å². The summed E-state index contributed by atoms with van der Waals surface area (Å²) in [5.41, 5.74) is 0.711. The molecule has 0 radical (unpaired) electrons. The van der Waals surface area contributed by atoms with E-state index >= 15 is 0 Å². The Morgan fingerprint density at radius 1 is 1.36 bits per heavy atom. The molecule has 0 aliphatic heterocycles. The van der Waals surface area contributed by atoms with E-state index in [0.29, 0.717) is 30.2 Å². The van der Waals surface area contributed by atoms with E-state index in [2.05, 4.69) is 11.9 Å². The molecular weight excluding hydrogens is 306 g/mol. The number of aliphatic carboxylic acids is 1. The summed E-state index contributed by atoms with van der Waals surface area (Å²) in [5.74, 6) is -1.18. The second kappa shape index (κ2) is 9.97. The fourth-order valence-corrected chi connectivity index (χ4v) is 2.02. The van der Waals surface area contributed by atoms with Gasteiger partial charge in [0.1, 0.15) is 0 Å². The minimum Gasteiger partial charge on any atom is -0.481 e. The van der Waals surface area contributed by atoms with Crippen molar-refractivity contribution in [1.82, 2.24) is 5.32 Å². The molecule has 6 heteroatoms. The number of hydrogen-bond acceptors (Lipinski definition) is 3. The normalized spacial score (nSPS) is 11.7. The smallest absolute Gasteiger partial charge is 0.305 e. The van der Waals surface area contributed by atoms with Crippen LogP contribution in [0.25, 0.3) is 0 Å². The molecule has 120 valence electrons. The highest BCUT2D eigenvalue weighted by Gasteiger charge is 2.17. The molecule has 0 spiro atoms. The van der Waals surface area contributed by atoms with Crippen molar-refractivity contribution in [3.05, 3.63) is 47.5 Å². The van der Waals surface area contributed by atoms with Crippen molar-refractivity contribution in [1.29, 1.82) is 0 Å². The number of carboxylic acids is 1. The van der Waals surface area contributed by atoms with Gasteiger partial charge in [-0.1, -0.05) is 29.8 Å². The zero-order valence-electron chi connectivity index (χ0n) is 12.3. The molecule has 0 unspecified atom stereocenters. The van der Waals surface area contributed by atoms with E-state index in [9.17, 15) is 9.59 Å². The molecule has 0 fully saturated rings. The number of nitrogens with one attached hydrogen (secondary N) is 1. The third-order valence-corrected chi connectivity index (χ3v) is 3.17. The summed E-state index contributed by atoms with van der Waals surface area (Å²) in [6.45, 7) is 4.45. The molecule has 1 amide bonds. The highest BCUT2D eigenvalue weighted by molar-refractivity contribution is 6.30. The predicted octanol–water partition coefficient (Wildman–Crippen LogP) is 2.95. The monoisotopic (exact) mass is 325 g/mol. The number of carbonyl (C=O) groups is 2. The van der Waals surface area contributed by atoms with Crippen LogP contribution in [0.5, 0.6) is 0 Å². The van der Waals surface area contributed by atoms with E-state index in [4.69, 9.17) is 21.4 Å². The largest absolute Gasteiger partial charge is 0.481 e. The Kier molecular flexibility index (Phi) is 8.25. The topological polar surface area (TPSA) is 75.6 Å². The number of halogens is 1. The maximum absolute atomic E-state index is 11.9. The fourth-order valence-electron chi connectivity index (χ4n) is 1.89. The zero-order chi connectivity index (χ0) is 16.4. The summed E-state index contributed by atoms with van der Waals surface area (Å²) < 4.78 is 5.19. The first kappa shape index (κ1) is 18.2. The molecule has 0 saturated carbocycles. The lowest BCUT2D eigenvalue weighted by atomic mass is 10.0. The molecule has 0 aliphatic rings. The molecule has 0 aromatic heterocycles. The van der Waals surface area contributed by atoms with Crippen LogP contribution in [-0.4, -0.2) is 30.2 Å². The van der Waals surface area contributed by atoms with Gasteiger partial charge in [-0.3, -0.25) is 9.59 Å². The lowest BCUT2D eigenvalue weighted by molar-refractivity contribution is -0.137. The molecule has 2 N–H and O–H groups in total. The number of amides is 1. The highest BCUT2D eigenvalue weighted by Crippen LogP contribution is 2.19. The molecule has 22 heavy (non-hydrogen) atoms. The first-order valence-electron chi connectivity index (χ1n) is 6.98. The number of rotatable bonds is 10. The minimum atomic E-state index is -0.977. The molecule has 1 rings (SSSR count). The number of benzene rings is 1. The van der Waals surface area contributed by atoms with Crippen molar-refractivity contribution in [3.63, 3.8) is 0 Å². The van der Waals surface area contributed by atoms with Gasteiger partial charge >= 0.3 is 5.97 Å². The van der Waals surface area contributed by atoms with Crippen LogP contribution in [0.1, 0.15) is 30.9 Å². The number of hydrogen-bond donors (Lipinski definition) is 2. The van der Waals surface area contributed by atoms with Crippen molar-refractivity contribution < 1.29 is 19.4 Å². The van der Waals surface area contributed by atoms with Gasteiger partial charge in [0.05, 0.1) is 19.1 Å². The third kappa shape index (κ3) is 7.24. The standard InChI is InChI=1S/C16H20ClNO4/c1-2-9-22-10-3-4-15(19)18-14(11-16(20)21)12-5-7-13(17)8-6-12/h2,5-8,14H,1,3-4,9-11H2,(H,18,19)(H,20,21)/t14-/m0/s1. The van der Waals surface area contributed by atoms with Crippen molar-refractivity contribution in [3.8, 4) is 0 Å². The SMILES string of the molecule is C=CCOCCCC(=O)N[C@@H](CC(=O)O)c1ccc(Cl)cc1. The average molecular weight is 326 g/mol. The fraction of sp³-hybridized carbons (Fsp3) is 0.375. The minimum absolute atomic E-state index is 0.180. The molecular formula is C16H20ClNO4. The van der Waals surface area contributed by atoms with Crippen LogP contribution in [0.2, 0.25) is 5.02 Å². The summed E-state index contributed by atoms with van der Waals surface area (Å²) in [4.78, 5) is 22.9. The van der Waals surface area contributed by atoms with E-state index in [1.165, 1.54) is 0 Å². The average Bonchev–Trinajstić information content (AvgIpc) is 2.46. The molecule has 1 aromatic carbocycles. The van der Waals surface area contributed by atoms with E-state index in [0.717, 1.165) is 0 Å². The first-order chi connectivity index (χ1) is 10.5. The molecule has 0 aliphatic carbocycles. The predicted molar refractivity (Wildman–Crippen MR) is 84.8 cm³/mol. The van der Waals surface area contributed by atoms with Crippen LogP contribution in [0.15, 0.2) is 36.9 Å². The number of carbonyl (C=O) groups excluding carboxylic acids is 1. The van der Waals surface area contributed by atoms with Crippen LogP contribution in [0.3, 0.4) is 0 Å². The quantitative estimate of drug-likeness (QED) is 0.512. The maximum atomic E-state index is 11.9. The second-order valence-corrected chi connectivity index (χ2v) is 5.17. The van der Waals surface area contributed by atoms with Crippen LogP contribution in [-0.2, 0) is 14.3 Å². The van der Waals surface area contributed by atoms with Crippen LogP contribution in [0, 0.1) is 0 Å². The van der Waals surface area contributed by atoms with Crippen LogP contribution in [0.4, 0.5) is 0 Å². The highest BCUT2D eigenvalue weighted by atomic mass is 35.5. The number of ether oxygens (including phenoxy) is 1. The van der Waals surface area contributed by atoms with E-state index in [1.807, 2.05) is 0 Å². The van der Waals surface area contributed by atoms with Gasteiger partial charge < -0.3 is 15.2 Å². The van der Waals surface area contributed by atoms with Gasteiger partial charge in [-0.15, -0.1) is 6.58 Å². The van der Waals surface area contributed by atoms with Gasteiger partial charge in [0.2, 0.25) is 5.91 Å². The van der Waals surface area contributed by atoms with Crippen molar-refractivity contribution in [2.45, 2.75) is 25.3 Å². The van der Waals surface area contributed by atoms with Gasteiger partial charge in [0.25, 0.3) is 0 Å². The van der Waals surface area contributed by atoms with Gasteiger partial charge in [-0.2, -0.15) is 0 Å². The Morgan fingerprint density at radius 3 is 2.64 bits per heavy atom. The molecule has 0 saturated heterocycles.